The Morgan fingerprint density at radius 1 is 1.24 bits per heavy atom. The summed E-state index contributed by atoms with van der Waals surface area (Å²) in [6.45, 7) is 2.05. The van der Waals surface area contributed by atoms with Crippen molar-refractivity contribution in [3.63, 3.8) is 0 Å². The van der Waals surface area contributed by atoms with Crippen LogP contribution in [0.2, 0.25) is 5.02 Å². The number of nitriles is 1. The third-order valence-electron chi connectivity index (χ3n) is 3.53. The topological polar surface area (TPSA) is 41.6 Å². The molecule has 0 bridgehead atoms. The highest BCUT2D eigenvalue weighted by Crippen LogP contribution is 2.29. The van der Waals surface area contributed by atoms with Gasteiger partial charge in [-0.1, -0.05) is 64.5 Å². The lowest BCUT2D eigenvalue weighted by molar-refractivity contribution is 0.828. The molecule has 0 radical (unpaired) electrons. The summed E-state index contributed by atoms with van der Waals surface area (Å²) in [6.07, 6.45) is 0.675. The number of hydrogen-bond acceptors (Lipinski definition) is 5. The molecule has 0 saturated carbocycles. The van der Waals surface area contributed by atoms with Gasteiger partial charge in [-0.05, 0) is 55.4 Å². The summed E-state index contributed by atoms with van der Waals surface area (Å²) < 4.78 is 3.15. The van der Waals surface area contributed by atoms with Crippen molar-refractivity contribution in [2.45, 2.75) is 22.9 Å². The predicted molar refractivity (Wildman–Crippen MR) is 107 cm³/mol. The fourth-order valence-corrected chi connectivity index (χ4v) is 4.88. The lowest BCUT2D eigenvalue weighted by Gasteiger charge is -2.07. The van der Waals surface area contributed by atoms with Gasteiger partial charge in [0.2, 0.25) is 0 Å². The number of nitrogens with zero attached hydrogens (tertiary/aromatic N) is 3. The van der Waals surface area contributed by atoms with Gasteiger partial charge >= 0.3 is 0 Å². The minimum absolute atomic E-state index is 0.207. The largest absolute Gasteiger partial charge is 0.211 e. The van der Waals surface area contributed by atoms with Gasteiger partial charge in [0.15, 0.2) is 8.29 Å². The van der Waals surface area contributed by atoms with E-state index in [1.807, 2.05) is 12.1 Å². The molecule has 0 amide bonds. The Balaban J connectivity index is 1.76. The predicted octanol–water partition coefficient (Wildman–Crippen LogP) is 5.85. The molecule has 2 aromatic carbocycles. The first kappa shape index (κ1) is 18.2. The fraction of sp³-hybridized carbons (Fsp3) is 0.167. The van der Waals surface area contributed by atoms with Gasteiger partial charge in [0.05, 0.1) is 11.8 Å². The molecule has 1 atom stereocenters. The number of aromatic nitrogens is 2. The number of benzene rings is 2. The van der Waals surface area contributed by atoms with Gasteiger partial charge in [0.25, 0.3) is 0 Å². The van der Waals surface area contributed by atoms with Crippen LogP contribution in [0, 0.1) is 22.2 Å². The molecule has 0 N–H and O–H groups in total. The maximum absolute atomic E-state index is 9.49. The number of hydrogen-bond donors (Lipinski definition) is 0. The average molecular weight is 404 g/mol. The van der Waals surface area contributed by atoms with Gasteiger partial charge in [-0.2, -0.15) is 5.26 Å². The Labute approximate surface area is 164 Å². The van der Waals surface area contributed by atoms with E-state index in [-0.39, 0.29) is 5.25 Å². The number of halogens is 1. The monoisotopic (exact) mass is 403 g/mol. The summed E-state index contributed by atoms with van der Waals surface area (Å²) in [5.74, 6) is 0. The van der Waals surface area contributed by atoms with E-state index in [1.54, 1.807) is 16.8 Å². The van der Waals surface area contributed by atoms with Crippen molar-refractivity contribution in [3.05, 3.63) is 68.6 Å². The molecule has 3 rings (SSSR count). The Bertz CT molecular complexity index is 953. The fourth-order valence-electron chi connectivity index (χ4n) is 2.23. The number of thioether (sulfide) groups is 1. The lowest BCUT2D eigenvalue weighted by atomic mass is 10.1. The van der Waals surface area contributed by atoms with E-state index in [9.17, 15) is 5.26 Å². The van der Waals surface area contributed by atoms with Gasteiger partial charge in [-0.25, -0.2) is 4.68 Å². The lowest BCUT2D eigenvalue weighted by Crippen LogP contribution is -2.04. The Hall–Kier alpha value is -1.65. The zero-order chi connectivity index (χ0) is 17.8. The molecule has 0 aliphatic carbocycles. The highest BCUT2D eigenvalue weighted by Gasteiger charge is 2.15. The molecule has 0 spiro atoms. The van der Waals surface area contributed by atoms with Crippen molar-refractivity contribution in [1.29, 1.82) is 5.26 Å². The summed E-state index contributed by atoms with van der Waals surface area (Å²) in [4.78, 5) is 0. The molecular weight excluding hydrogens is 390 g/mol. The summed E-state index contributed by atoms with van der Waals surface area (Å²) in [5, 5.41) is 14.5. The van der Waals surface area contributed by atoms with Gasteiger partial charge in [0, 0.05) is 5.02 Å². The average Bonchev–Trinajstić information content (AvgIpc) is 2.97. The molecular formula is C18H14ClN3S3. The van der Waals surface area contributed by atoms with Gasteiger partial charge < -0.3 is 0 Å². The minimum atomic E-state index is -0.207. The first-order chi connectivity index (χ1) is 12.0. The zero-order valence-corrected chi connectivity index (χ0v) is 16.6. The van der Waals surface area contributed by atoms with Crippen LogP contribution in [-0.2, 0) is 6.42 Å². The van der Waals surface area contributed by atoms with E-state index in [4.69, 9.17) is 23.8 Å². The van der Waals surface area contributed by atoms with Crippen LogP contribution in [0.3, 0.4) is 0 Å². The second kappa shape index (κ2) is 8.15. The van der Waals surface area contributed by atoms with Crippen LogP contribution in [0.5, 0.6) is 0 Å². The molecule has 3 nitrogen and oxygen atoms in total. The van der Waals surface area contributed by atoms with Crippen molar-refractivity contribution < 1.29 is 0 Å². The SMILES string of the molecule is Cc1ccc(C[C@@H](C#N)Sc2nn(-c3ccc(Cl)cc3)c(=S)s2)cc1. The third-order valence-corrected chi connectivity index (χ3v) is 6.19. The third kappa shape index (κ3) is 4.71. The summed E-state index contributed by atoms with van der Waals surface area (Å²) in [5.41, 5.74) is 3.22. The second-order valence-electron chi connectivity index (χ2n) is 5.45. The van der Waals surface area contributed by atoms with Crippen molar-refractivity contribution >= 4 is 46.9 Å². The van der Waals surface area contributed by atoms with Crippen LogP contribution >= 0.6 is 46.9 Å². The Morgan fingerprint density at radius 3 is 2.56 bits per heavy atom. The van der Waals surface area contributed by atoms with Crippen molar-refractivity contribution in [1.82, 2.24) is 9.78 Å². The van der Waals surface area contributed by atoms with Crippen LogP contribution < -0.4 is 0 Å². The van der Waals surface area contributed by atoms with E-state index in [1.165, 1.54) is 28.7 Å². The zero-order valence-electron chi connectivity index (χ0n) is 13.3. The molecule has 0 aliphatic heterocycles. The van der Waals surface area contributed by atoms with Gasteiger partial charge in [-0.15, -0.1) is 5.10 Å². The number of rotatable bonds is 5. The van der Waals surface area contributed by atoms with Gasteiger partial charge in [-0.3, -0.25) is 0 Å². The number of aryl methyl sites for hydroxylation is 1. The van der Waals surface area contributed by atoms with Crippen LogP contribution in [-0.4, -0.2) is 15.0 Å². The maximum atomic E-state index is 9.49. The van der Waals surface area contributed by atoms with Crippen molar-refractivity contribution in [2.24, 2.45) is 0 Å². The van der Waals surface area contributed by atoms with E-state index in [2.05, 4.69) is 42.4 Å². The molecule has 1 heterocycles. The van der Waals surface area contributed by atoms with E-state index in [0.29, 0.717) is 15.4 Å². The quantitative estimate of drug-likeness (QED) is 0.395. The second-order valence-corrected chi connectivity index (χ2v) is 8.96. The Kier molecular flexibility index (Phi) is 5.92. The molecule has 126 valence electrons. The first-order valence-corrected chi connectivity index (χ1v) is 10.0. The summed E-state index contributed by atoms with van der Waals surface area (Å²) in [6, 6.07) is 18.0. The molecule has 3 aromatic rings. The van der Waals surface area contributed by atoms with Crippen LogP contribution in [0.15, 0.2) is 52.9 Å². The normalized spacial score (nSPS) is 11.9. The van der Waals surface area contributed by atoms with Crippen molar-refractivity contribution in [2.75, 3.05) is 0 Å². The molecule has 0 saturated heterocycles. The van der Waals surface area contributed by atoms with E-state index >= 15 is 0 Å². The highest BCUT2D eigenvalue weighted by atomic mass is 35.5. The molecule has 1 aromatic heterocycles. The Morgan fingerprint density at radius 2 is 1.92 bits per heavy atom. The molecule has 25 heavy (non-hydrogen) atoms. The van der Waals surface area contributed by atoms with E-state index < -0.39 is 0 Å². The van der Waals surface area contributed by atoms with Crippen LogP contribution in [0.25, 0.3) is 5.69 Å². The van der Waals surface area contributed by atoms with Crippen LogP contribution in [0.4, 0.5) is 0 Å². The highest BCUT2D eigenvalue weighted by molar-refractivity contribution is 8.01. The smallest absolute Gasteiger partial charge is 0.184 e. The maximum Gasteiger partial charge on any atom is 0.184 e. The molecule has 0 unspecified atom stereocenters. The summed E-state index contributed by atoms with van der Waals surface area (Å²) >= 11 is 14.2. The van der Waals surface area contributed by atoms with E-state index in [0.717, 1.165) is 15.6 Å². The standard InChI is InChI=1S/C18H14ClN3S3/c1-12-2-4-13(5-3-12)10-16(11-20)24-17-21-22(18(23)25-17)15-8-6-14(19)7-9-15/h2-9,16H,10H2,1H3/t16-/m0/s1. The first-order valence-electron chi connectivity index (χ1n) is 7.53. The molecule has 0 aliphatic rings. The van der Waals surface area contributed by atoms with Crippen molar-refractivity contribution in [3.8, 4) is 11.8 Å². The minimum Gasteiger partial charge on any atom is -0.211 e. The summed E-state index contributed by atoms with van der Waals surface area (Å²) in [7, 11) is 0. The molecule has 7 heteroatoms. The molecule has 0 fully saturated rings. The van der Waals surface area contributed by atoms with Crippen LogP contribution in [0.1, 0.15) is 11.1 Å². The van der Waals surface area contributed by atoms with Gasteiger partial charge in [0.1, 0.15) is 5.25 Å².